The zero-order valence-corrected chi connectivity index (χ0v) is 10.9. The van der Waals surface area contributed by atoms with E-state index in [1.807, 2.05) is 6.92 Å². The van der Waals surface area contributed by atoms with E-state index in [4.69, 9.17) is 4.42 Å². The highest BCUT2D eigenvalue weighted by Gasteiger charge is 2.11. The Labute approximate surface area is 105 Å². The fourth-order valence-corrected chi connectivity index (χ4v) is 2.32. The molecule has 0 fully saturated rings. The molecule has 5 nitrogen and oxygen atoms in total. The number of hydrogen-bond donors (Lipinski definition) is 1. The van der Waals surface area contributed by atoms with Crippen LogP contribution in [-0.4, -0.2) is 21.5 Å². The molecule has 0 aliphatic carbocycles. The highest BCUT2D eigenvalue weighted by molar-refractivity contribution is 9.10. The molecule has 0 radical (unpaired) electrons. The predicted octanol–water partition coefficient (Wildman–Crippen LogP) is 2.81. The summed E-state index contributed by atoms with van der Waals surface area (Å²) in [6.45, 7) is 2.81. The molecule has 0 aliphatic rings. The Hall–Kier alpha value is -1.08. The van der Waals surface area contributed by atoms with Crippen LogP contribution in [0.4, 0.5) is 5.82 Å². The molecule has 2 aromatic rings. The van der Waals surface area contributed by atoms with E-state index < -0.39 is 0 Å². The van der Waals surface area contributed by atoms with Crippen molar-refractivity contribution in [1.29, 1.82) is 0 Å². The number of anilines is 1. The summed E-state index contributed by atoms with van der Waals surface area (Å²) in [6.07, 6.45) is 4.64. The molecular formula is C9H9BrN4OS. The maximum atomic E-state index is 5.14. The monoisotopic (exact) mass is 300 g/mol. The van der Waals surface area contributed by atoms with Gasteiger partial charge in [-0.1, -0.05) is 0 Å². The number of nitrogens with zero attached hydrogens (tertiary/aromatic N) is 3. The standard InChI is InChI=1S/C9H9BrN4OS/c1-2-11-7-6(10)8(14-5-13-7)16-9-12-3-4-15-9/h3-5H,2H2,1H3,(H,11,13,14). The Morgan fingerprint density at radius 1 is 1.44 bits per heavy atom. The number of aromatic nitrogens is 3. The van der Waals surface area contributed by atoms with Crippen molar-refractivity contribution in [2.24, 2.45) is 0 Å². The van der Waals surface area contributed by atoms with E-state index in [0.29, 0.717) is 5.22 Å². The second-order valence-corrected chi connectivity index (χ2v) is 4.50. The van der Waals surface area contributed by atoms with Crippen LogP contribution in [0.3, 0.4) is 0 Å². The highest BCUT2D eigenvalue weighted by Crippen LogP contribution is 2.33. The van der Waals surface area contributed by atoms with Crippen LogP contribution in [0.1, 0.15) is 6.92 Å². The first-order valence-electron chi connectivity index (χ1n) is 4.63. The van der Waals surface area contributed by atoms with Crippen molar-refractivity contribution in [1.82, 2.24) is 15.0 Å². The fraction of sp³-hybridized carbons (Fsp3) is 0.222. The summed E-state index contributed by atoms with van der Waals surface area (Å²) < 4.78 is 5.96. The molecule has 0 atom stereocenters. The van der Waals surface area contributed by atoms with Gasteiger partial charge in [0.2, 0.25) is 0 Å². The Bertz CT molecular complexity index is 463. The van der Waals surface area contributed by atoms with Crippen LogP contribution in [0.25, 0.3) is 0 Å². The lowest BCUT2D eigenvalue weighted by Crippen LogP contribution is -2.01. The van der Waals surface area contributed by atoms with Crippen LogP contribution in [0.5, 0.6) is 0 Å². The van der Waals surface area contributed by atoms with Gasteiger partial charge in [0.1, 0.15) is 23.4 Å². The maximum absolute atomic E-state index is 5.14. The van der Waals surface area contributed by atoms with Gasteiger partial charge < -0.3 is 9.73 Å². The molecule has 0 saturated carbocycles. The van der Waals surface area contributed by atoms with Crippen molar-refractivity contribution in [3.8, 4) is 0 Å². The summed E-state index contributed by atoms with van der Waals surface area (Å²) in [5.41, 5.74) is 0. The molecule has 0 unspecified atom stereocenters. The summed E-state index contributed by atoms with van der Waals surface area (Å²) in [5, 5.41) is 4.46. The second kappa shape index (κ2) is 5.31. The van der Waals surface area contributed by atoms with Gasteiger partial charge in [0.05, 0.1) is 10.7 Å². The molecule has 0 aliphatic heterocycles. The zero-order chi connectivity index (χ0) is 11.4. The van der Waals surface area contributed by atoms with Gasteiger partial charge in [-0.05, 0) is 34.6 Å². The molecule has 7 heteroatoms. The Balaban J connectivity index is 2.24. The minimum absolute atomic E-state index is 0.557. The average molecular weight is 301 g/mol. The van der Waals surface area contributed by atoms with Crippen LogP contribution >= 0.6 is 27.7 Å². The minimum atomic E-state index is 0.557. The first-order valence-corrected chi connectivity index (χ1v) is 6.24. The minimum Gasteiger partial charge on any atom is -0.440 e. The molecule has 2 aromatic heterocycles. The molecule has 2 heterocycles. The van der Waals surface area contributed by atoms with Gasteiger partial charge in [0.25, 0.3) is 5.22 Å². The molecule has 0 bridgehead atoms. The van der Waals surface area contributed by atoms with E-state index in [2.05, 4.69) is 36.2 Å². The van der Waals surface area contributed by atoms with E-state index in [1.165, 1.54) is 24.4 Å². The Morgan fingerprint density at radius 3 is 3.00 bits per heavy atom. The van der Waals surface area contributed by atoms with Crippen LogP contribution < -0.4 is 5.32 Å². The van der Waals surface area contributed by atoms with E-state index in [1.54, 1.807) is 6.20 Å². The summed E-state index contributed by atoms with van der Waals surface area (Å²) in [6, 6.07) is 0. The van der Waals surface area contributed by atoms with Crippen molar-refractivity contribution in [2.75, 3.05) is 11.9 Å². The van der Waals surface area contributed by atoms with Crippen molar-refractivity contribution in [2.45, 2.75) is 17.2 Å². The van der Waals surface area contributed by atoms with E-state index in [9.17, 15) is 0 Å². The van der Waals surface area contributed by atoms with Crippen LogP contribution in [-0.2, 0) is 0 Å². The molecule has 0 amide bonds. The van der Waals surface area contributed by atoms with Gasteiger partial charge in [-0.25, -0.2) is 15.0 Å². The summed E-state index contributed by atoms with van der Waals surface area (Å²) in [7, 11) is 0. The van der Waals surface area contributed by atoms with Crippen molar-refractivity contribution >= 4 is 33.5 Å². The molecular weight excluding hydrogens is 292 g/mol. The van der Waals surface area contributed by atoms with Crippen LogP contribution in [0, 0.1) is 0 Å². The first kappa shape index (κ1) is 11.4. The topological polar surface area (TPSA) is 63.8 Å². The van der Waals surface area contributed by atoms with E-state index >= 15 is 0 Å². The smallest absolute Gasteiger partial charge is 0.261 e. The fourth-order valence-electron chi connectivity index (χ4n) is 1.06. The lowest BCUT2D eigenvalue weighted by atomic mass is 10.5. The molecule has 16 heavy (non-hydrogen) atoms. The molecule has 0 saturated heterocycles. The molecule has 84 valence electrons. The van der Waals surface area contributed by atoms with Crippen molar-refractivity contribution < 1.29 is 4.42 Å². The largest absolute Gasteiger partial charge is 0.440 e. The van der Waals surface area contributed by atoms with Crippen LogP contribution in [0.2, 0.25) is 0 Å². The quantitative estimate of drug-likeness (QED) is 0.876. The molecule has 2 rings (SSSR count). The second-order valence-electron chi connectivity index (χ2n) is 2.77. The lowest BCUT2D eigenvalue weighted by Gasteiger charge is -2.06. The summed E-state index contributed by atoms with van der Waals surface area (Å²) in [4.78, 5) is 12.3. The maximum Gasteiger partial charge on any atom is 0.261 e. The third-order valence-corrected chi connectivity index (χ3v) is 3.59. The summed E-state index contributed by atoms with van der Waals surface area (Å²) in [5.74, 6) is 0.770. The van der Waals surface area contributed by atoms with Gasteiger partial charge in [-0.15, -0.1) is 0 Å². The van der Waals surface area contributed by atoms with E-state index in [-0.39, 0.29) is 0 Å². The molecule has 1 N–H and O–H groups in total. The van der Waals surface area contributed by atoms with Gasteiger partial charge in [0.15, 0.2) is 0 Å². The van der Waals surface area contributed by atoms with Crippen molar-refractivity contribution in [3.63, 3.8) is 0 Å². The highest BCUT2D eigenvalue weighted by atomic mass is 79.9. The summed E-state index contributed by atoms with van der Waals surface area (Å²) >= 11 is 4.80. The predicted molar refractivity (Wildman–Crippen MR) is 64.5 cm³/mol. The van der Waals surface area contributed by atoms with Gasteiger partial charge >= 0.3 is 0 Å². The van der Waals surface area contributed by atoms with Gasteiger partial charge in [-0.2, -0.15) is 0 Å². The molecule has 0 aromatic carbocycles. The third-order valence-electron chi connectivity index (χ3n) is 1.70. The Morgan fingerprint density at radius 2 is 2.31 bits per heavy atom. The SMILES string of the molecule is CCNc1ncnc(Sc2ncco2)c1Br. The lowest BCUT2D eigenvalue weighted by molar-refractivity contribution is 0.454. The number of nitrogens with one attached hydrogen (secondary N) is 1. The van der Waals surface area contributed by atoms with Gasteiger partial charge in [0, 0.05) is 6.54 Å². The Kier molecular flexibility index (Phi) is 3.79. The number of oxazole rings is 1. The normalized spacial score (nSPS) is 10.4. The first-order chi connectivity index (χ1) is 7.81. The zero-order valence-electron chi connectivity index (χ0n) is 8.48. The number of rotatable bonds is 4. The third kappa shape index (κ3) is 2.53. The average Bonchev–Trinajstić information content (AvgIpc) is 2.77. The van der Waals surface area contributed by atoms with Crippen molar-refractivity contribution in [3.05, 3.63) is 23.3 Å². The molecule has 0 spiro atoms. The van der Waals surface area contributed by atoms with Crippen LogP contribution in [0.15, 0.2) is 37.9 Å². The number of halogens is 1. The van der Waals surface area contributed by atoms with E-state index in [0.717, 1.165) is 21.9 Å². The number of hydrogen-bond acceptors (Lipinski definition) is 6. The van der Waals surface area contributed by atoms with Gasteiger partial charge in [-0.3, -0.25) is 0 Å².